The molecule has 2 aliphatic rings. The third-order valence-corrected chi connectivity index (χ3v) is 5.38. The van der Waals surface area contributed by atoms with Gasteiger partial charge in [0.25, 0.3) is 0 Å². The largest absolute Gasteiger partial charge is 0.508 e. The Balaban J connectivity index is 2.02. The van der Waals surface area contributed by atoms with E-state index in [0.717, 1.165) is 22.3 Å². The van der Waals surface area contributed by atoms with Crippen molar-refractivity contribution in [3.8, 4) is 23.0 Å². The van der Waals surface area contributed by atoms with Gasteiger partial charge in [0, 0.05) is 28.5 Å². The molecule has 0 spiro atoms. The van der Waals surface area contributed by atoms with Crippen LogP contribution >= 0.6 is 0 Å². The van der Waals surface area contributed by atoms with E-state index in [4.69, 9.17) is 0 Å². The molecular formula is C22H20O4. The highest BCUT2D eigenvalue weighted by Crippen LogP contribution is 2.56. The first-order valence-corrected chi connectivity index (χ1v) is 8.52. The number of aryl methyl sites for hydroxylation is 2. The van der Waals surface area contributed by atoms with E-state index >= 15 is 0 Å². The minimum Gasteiger partial charge on any atom is -0.508 e. The molecule has 4 nitrogen and oxygen atoms in total. The maximum absolute atomic E-state index is 10.6. The topological polar surface area (TPSA) is 80.9 Å². The number of rotatable bonds is 2. The van der Waals surface area contributed by atoms with Gasteiger partial charge in [-0.1, -0.05) is 18.2 Å². The fourth-order valence-electron chi connectivity index (χ4n) is 4.21. The van der Waals surface area contributed by atoms with Gasteiger partial charge in [-0.05, 0) is 60.9 Å². The summed E-state index contributed by atoms with van der Waals surface area (Å²) < 4.78 is 0. The Labute approximate surface area is 151 Å². The van der Waals surface area contributed by atoms with Crippen LogP contribution in [0.15, 0.2) is 48.5 Å². The van der Waals surface area contributed by atoms with Gasteiger partial charge in [0.1, 0.15) is 23.0 Å². The van der Waals surface area contributed by atoms with Gasteiger partial charge in [-0.15, -0.1) is 0 Å². The molecule has 0 amide bonds. The Morgan fingerprint density at radius 3 is 1.88 bits per heavy atom. The lowest BCUT2D eigenvalue weighted by molar-refractivity contribution is 0.416. The first kappa shape index (κ1) is 16.3. The molecule has 2 aliphatic carbocycles. The summed E-state index contributed by atoms with van der Waals surface area (Å²) in [4.78, 5) is 0. The van der Waals surface area contributed by atoms with Gasteiger partial charge in [-0.25, -0.2) is 0 Å². The van der Waals surface area contributed by atoms with Gasteiger partial charge in [-0.2, -0.15) is 0 Å². The number of aromatic hydroxyl groups is 4. The lowest BCUT2D eigenvalue weighted by Crippen LogP contribution is -2.21. The van der Waals surface area contributed by atoms with Crippen LogP contribution in [0.5, 0.6) is 23.0 Å². The summed E-state index contributed by atoms with van der Waals surface area (Å²) in [6.07, 6.45) is 0. The monoisotopic (exact) mass is 348 g/mol. The molecule has 132 valence electrons. The fraction of sp³-hybridized carbons (Fsp3) is 0.182. The molecule has 0 heterocycles. The Morgan fingerprint density at radius 2 is 1.27 bits per heavy atom. The van der Waals surface area contributed by atoms with Crippen molar-refractivity contribution < 1.29 is 20.4 Å². The minimum absolute atomic E-state index is 0.109. The molecule has 5 rings (SSSR count). The Kier molecular flexibility index (Phi) is 3.58. The average Bonchev–Trinajstić information content (AvgIpc) is 2.57. The molecular weight excluding hydrogens is 328 g/mol. The van der Waals surface area contributed by atoms with E-state index in [1.165, 1.54) is 0 Å². The van der Waals surface area contributed by atoms with E-state index in [9.17, 15) is 20.4 Å². The van der Waals surface area contributed by atoms with Crippen LogP contribution in [0.25, 0.3) is 0 Å². The molecule has 0 radical (unpaired) electrons. The van der Waals surface area contributed by atoms with Crippen molar-refractivity contribution in [1.82, 2.24) is 0 Å². The second kappa shape index (κ2) is 5.70. The Hall–Kier alpha value is -3.14. The van der Waals surface area contributed by atoms with Crippen LogP contribution in [-0.2, 0) is 0 Å². The van der Waals surface area contributed by atoms with Crippen LogP contribution in [0, 0.1) is 13.8 Å². The van der Waals surface area contributed by atoms with E-state index < -0.39 is 0 Å². The molecule has 4 heteroatoms. The zero-order valence-electron chi connectivity index (χ0n) is 14.6. The predicted molar refractivity (Wildman–Crippen MR) is 99.1 cm³/mol. The first-order chi connectivity index (χ1) is 12.4. The maximum Gasteiger partial charge on any atom is 0.119 e. The molecule has 0 saturated carbocycles. The fourth-order valence-corrected chi connectivity index (χ4v) is 4.21. The Morgan fingerprint density at radius 1 is 0.615 bits per heavy atom. The Bertz CT molecular complexity index is 1000. The lowest BCUT2D eigenvalue weighted by atomic mass is 9.67. The molecule has 0 aromatic heterocycles. The van der Waals surface area contributed by atoms with E-state index in [0.29, 0.717) is 11.1 Å². The summed E-state index contributed by atoms with van der Waals surface area (Å²) in [7, 11) is 0. The summed E-state index contributed by atoms with van der Waals surface area (Å²) in [6, 6.07) is 13.7. The predicted octanol–water partition coefficient (Wildman–Crippen LogP) is 4.40. The molecule has 3 aromatic carbocycles. The quantitative estimate of drug-likeness (QED) is 0.517. The minimum atomic E-state index is -0.324. The second-order valence-electron chi connectivity index (χ2n) is 6.97. The number of hydrogen-bond donors (Lipinski definition) is 4. The highest BCUT2D eigenvalue weighted by atomic mass is 16.3. The third kappa shape index (κ3) is 2.30. The zero-order chi connectivity index (χ0) is 18.6. The molecule has 2 atom stereocenters. The number of hydrogen-bond acceptors (Lipinski definition) is 4. The van der Waals surface area contributed by atoms with Crippen molar-refractivity contribution in [1.29, 1.82) is 0 Å². The van der Waals surface area contributed by atoms with Crippen molar-refractivity contribution in [3.63, 3.8) is 0 Å². The molecule has 0 saturated heterocycles. The SMILES string of the molecule is Cc1cc(O)ccc1C1c2cc(O)c(cc2O)C1c1c(C)cccc1O. The van der Waals surface area contributed by atoms with E-state index in [2.05, 4.69) is 0 Å². The molecule has 0 aliphatic heterocycles. The summed E-state index contributed by atoms with van der Waals surface area (Å²) in [6.45, 7) is 3.83. The van der Waals surface area contributed by atoms with Crippen LogP contribution in [0.2, 0.25) is 0 Å². The van der Waals surface area contributed by atoms with Crippen LogP contribution in [0.3, 0.4) is 0 Å². The molecule has 3 aromatic rings. The molecule has 4 N–H and O–H groups in total. The molecule has 0 fully saturated rings. The normalized spacial score (nSPS) is 18.2. The standard InChI is InChI=1S/C22H20O4/c1-11-4-3-5-17(24)20(11)22-16-10-18(25)15(9-19(16)26)21(22)14-7-6-13(23)8-12(14)2/h3-10,21-26H,1-2H3. The van der Waals surface area contributed by atoms with Crippen LogP contribution in [-0.4, -0.2) is 20.4 Å². The first-order valence-electron chi connectivity index (χ1n) is 8.52. The smallest absolute Gasteiger partial charge is 0.119 e. The molecule has 26 heavy (non-hydrogen) atoms. The van der Waals surface area contributed by atoms with Gasteiger partial charge in [0.05, 0.1) is 0 Å². The summed E-state index contributed by atoms with van der Waals surface area (Å²) >= 11 is 0. The number of phenols is 4. The van der Waals surface area contributed by atoms with Crippen LogP contribution < -0.4 is 0 Å². The van der Waals surface area contributed by atoms with Gasteiger partial charge >= 0.3 is 0 Å². The van der Waals surface area contributed by atoms with E-state index in [1.54, 1.807) is 36.4 Å². The average molecular weight is 348 g/mol. The van der Waals surface area contributed by atoms with Crippen molar-refractivity contribution in [2.24, 2.45) is 0 Å². The number of benzene rings is 3. The molecule has 2 bridgehead atoms. The third-order valence-electron chi connectivity index (χ3n) is 5.38. The van der Waals surface area contributed by atoms with Gasteiger partial charge in [0.2, 0.25) is 0 Å². The van der Waals surface area contributed by atoms with Crippen molar-refractivity contribution >= 4 is 0 Å². The summed E-state index contributed by atoms with van der Waals surface area (Å²) in [5, 5.41) is 41.2. The number of fused-ring (bicyclic) bond motifs is 3. The van der Waals surface area contributed by atoms with Crippen LogP contribution in [0.1, 0.15) is 45.2 Å². The summed E-state index contributed by atoms with van der Waals surface area (Å²) in [5.41, 5.74) is 4.66. The van der Waals surface area contributed by atoms with Crippen molar-refractivity contribution in [3.05, 3.63) is 81.9 Å². The maximum atomic E-state index is 10.6. The van der Waals surface area contributed by atoms with Gasteiger partial charge in [0.15, 0.2) is 0 Å². The van der Waals surface area contributed by atoms with Crippen molar-refractivity contribution in [2.75, 3.05) is 0 Å². The van der Waals surface area contributed by atoms with E-state index in [1.807, 2.05) is 26.0 Å². The number of phenolic OH excluding ortho intramolecular Hbond substituents is 4. The highest BCUT2D eigenvalue weighted by Gasteiger charge is 2.39. The van der Waals surface area contributed by atoms with E-state index in [-0.39, 0.29) is 34.8 Å². The van der Waals surface area contributed by atoms with Crippen molar-refractivity contribution in [2.45, 2.75) is 25.7 Å². The molecule has 2 unspecified atom stereocenters. The van der Waals surface area contributed by atoms with Gasteiger partial charge in [-0.3, -0.25) is 0 Å². The second-order valence-corrected chi connectivity index (χ2v) is 6.97. The lowest BCUT2D eigenvalue weighted by Gasteiger charge is -2.36. The van der Waals surface area contributed by atoms with Crippen LogP contribution in [0.4, 0.5) is 0 Å². The van der Waals surface area contributed by atoms with Gasteiger partial charge < -0.3 is 20.4 Å². The summed E-state index contributed by atoms with van der Waals surface area (Å²) in [5.74, 6) is -0.0114. The zero-order valence-corrected chi connectivity index (χ0v) is 14.6. The highest BCUT2D eigenvalue weighted by molar-refractivity contribution is 5.64.